The summed E-state index contributed by atoms with van der Waals surface area (Å²) in [6.45, 7) is 2.42. The third-order valence-corrected chi connectivity index (χ3v) is 4.47. The summed E-state index contributed by atoms with van der Waals surface area (Å²) in [5.74, 6) is -1.69. The second kappa shape index (κ2) is 8.98. The predicted molar refractivity (Wildman–Crippen MR) is 98.7 cm³/mol. The van der Waals surface area contributed by atoms with E-state index in [1.54, 1.807) is 24.0 Å². The number of carbonyl (C=O) groups is 4. The molecule has 0 radical (unpaired) electrons. The molecule has 1 aliphatic heterocycles. The van der Waals surface area contributed by atoms with Crippen molar-refractivity contribution in [2.75, 3.05) is 25.5 Å². The molecule has 0 aliphatic carbocycles. The molecule has 1 aromatic carbocycles. The molecule has 1 saturated heterocycles. The van der Waals surface area contributed by atoms with Crippen molar-refractivity contribution in [2.45, 2.75) is 19.8 Å². The Kier molecular flexibility index (Phi) is 6.70. The Labute approximate surface area is 157 Å². The molecule has 1 heterocycles. The molecule has 2 rings (SSSR count). The van der Waals surface area contributed by atoms with Crippen LogP contribution >= 0.6 is 0 Å². The number of carbonyl (C=O) groups excluding carboxylic acids is 4. The standard InChI is InChI=1S/C19H23N3O5/c1-12(11-16(23)22-9-7-13(8-10-22)17(20)24)18(25)21-15-5-3-14(4-6-15)19(26)27-2/h3-6,11,13H,7-10H2,1-2H3,(H2,20,24)(H,21,25)/b12-11+. The van der Waals surface area contributed by atoms with Crippen molar-refractivity contribution < 1.29 is 23.9 Å². The van der Waals surface area contributed by atoms with E-state index in [4.69, 9.17) is 5.73 Å². The van der Waals surface area contributed by atoms with Crippen molar-refractivity contribution in [1.82, 2.24) is 4.90 Å². The van der Waals surface area contributed by atoms with E-state index in [2.05, 4.69) is 10.1 Å². The average Bonchev–Trinajstić information content (AvgIpc) is 2.67. The number of rotatable bonds is 5. The number of nitrogens with zero attached hydrogens (tertiary/aromatic N) is 1. The summed E-state index contributed by atoms with van der Waals surface area (Å²) in [4.78, 5) is 48.7. The van der Waals surface area contributed by atoms with Gasteiger partial charge in [-0.25, -0.2) is 4.79 Å². The van der Waals surface area contributed by atoms with Crippen LogP contribution in [0.3, 0.4) is 0 Å². The molecule has 3 N–H and O–H groups in total. The maximum Gasteiger partial charge on any atom is 0.337 e. The van der Waals surface area contributed by atoms with Gasteiger partial charge in [0.25, 0.3) is 5.91 Å². The molecule has 144 valence electrons. The number of hydrogen-bond acceptors (Lipinski definition) is 5. The summed E-state index contributed by atoms with van der Waals surface area (Å²) >= 11 is 0. The summed E-state index contributed by atoms with van der Waals surface area (Å²) < 4.78 is 4.61. The third-order valence-electron chi connectivity index (χ3n) is 4.47. The minimum absolute atomic E-state index is 0.199. The third kappa shape index (κ3) is 5.40. The van der Waals surface area contributed by atoms with E-state index in [1.165, 1.54) is 25.3 Å². The lowest BCUT2D eigenvalue weighted by atomic mass is 9.96. The number of methoxy groups -OCH3 is 1. The van der Waals surface area contributed by atoms with Gasteiger partial charge in [-0.1, -0.05) is 0 Å². The molecular formula is C19H23N3O5. The van der Waals surface area contributed by atoms with E-state index in [0.29, 0.717) is 37.2 Å². The first-order valence-electron chi connectivity index (χ1n) is 8.58. The number of benzene rings is 1. The zero-order valence-corrected chi connectivity index (χ0v) is 15.4. The van der Waals surface area contributed by atoms with Gasteiger partial charge in [0, 0.05) is 36.3 Å². The zero-order valence-electron chi connectivity index (χ0n) is 15.4. The van der Waals surface area contributed by atoms with Crippen molar-refractivity contribution >= 4 is 29.4 Å². The van der Waals surface area contributed by atoms with Crippen molar-refractivity contribution in [3.63, 3.8) is 0 Å². The Morgan fingerprint density at radius 3 is 2.26 bits per heavy atom. The number of ether oxygens (including phenoxy) is 1. The first-order valence-corrected chi connectivity index (χ1v) is 8.58. The van der Waals surface area contributed by atoms with Crippen molar-refractivity contribution in [1.29, 1.82) is 0 Å². The maximum atomic E-state index is 12.3. The quantitative estimate of drug-likeness (QED) is 0.591. The lowest BCUT2D eigenvalue weighted by molar-refractivity contribution is -0.131. The fourth-order valence-electron chi connectivity index (χ4n) is 2.76. The largest absolute Gasteiger partial charge is 0.465 e. The van der Waals surface area contributed by atoms with E-state index in [0.717, 1.165) is 0 Å². The van der Waals surface area contributed by atoms with Gasteiger partial charge >= 0.3 is 5.97 Å². The number of anilines is 1. The number of nitrogens with two attached hydrogens (primary N) is 1. The molecule has 0 bridgehead atoms. The monoisotopic (exact) mass is 373 g/mol. The summed E-state index contributed by atoms with van der Waals surface area (Å²) in [5.41, 5.74) is 6.41. The van der Waals surface area contributed by atoms with Crippen LogP contribution in [0.4, 0.5) is 5.69 Å². The summed E-state index contributed by atoms with van der Waals surface area (Å²) in [5, 5.41) is 2.66. The van der Waals surface area contributed by atoms with Crippen LogP contribution in [-0.4, -0.2) is 48.8 Å². The van der Waals surface area contributed by atoms with Gasteiger partial charge in [-0.2, -0.15) is 0 Å². The van der Waals surface area contributed by atoms with E-state index < -0.39 is 11.9 Å². The van der Waals surface area contributed by atoms with Gasteiger partial charge in [0.2, 0.25) is 11.8 Å². The molecule has 27 heavy (non-hydrogen) atoms. The number of likely N-dealkylation sites (tertiary alicyclic amines) is 1. The van der Waals surface area contributed by atoms with Gasteiger partial charge in [-0.05, 0) is 44.0 Å². The van der Waals surface area contributed by atoms with Crippen LogP contribution in [0.2, 0.25) is 0 Å². The zero-order chi connectivity index (χ0) is 20.0. The SMILES string of the molecule is COC(=O)c1ccc(NC(=O)/C(C)=C/C(=O)N2CCC(C(N)=O)CC2)cc1. The van der Waals surface area contributed by atoms with Crippen LogP contribution in [0.25, 0.3) is 0 Å². The Bertz CT molecular complexity index is 762. The Hall–Kier alpha value is -3.16. The molecule has 1 fully saturated rings. The highest BCUT2D eigenvalue weighted by Crippen LogP contribution is 2.17. The molecule has 0 saturated carbocycles. The van der Waals surface area contributed by atoms with Crippen LogP contribution in [0, 0.1) is 5.92 Å². The van der Waals surface area contributed by atoms with E-state index >= 15 is 0 Å². The maximum absolute atomic E-state index is 12.3. The highest BCUT2D eigenvalue weighted by atomic mass is 16.5. The van der Waals surface area contributed by atoms with Crippen LogP contribution < -0.4 is 11.1 Å². The molecule has 0 aromatic heterocycles. The molecule has 1 aromatic rings. The Balaban J connectivity index is 1.93. The van der Waals surface area contributed by atoms with E-state index in [9.17, 15) is 19.2 Å². The number of hydrogen-bond donors (Lipinski definition) is 2. The lowest BCUT2D eigenvalue weighted by Gasteiger charge is -2.29. The molecule has 0 unspecified atom stereocenters. The van der Waals surface area contributed by atoms with Gasteiger partial charge in [0.05, 0.1) is 12.7 Å². The first kappa shape index (κ1) is 20.2. The minimum Gasteiger partial charge on any atom is -0.465 e. The van der Waals surface area contributed by atoms with Gasteiger partial charge in [0.15, 0.2) is 0 Å². The lowest BCUT2D eigenvalue weighted by Crippen LogP contribution is -2.41. The van der Waals surface area contributed by atoms with Crippen molar-refractivity contribution in [3.05, 3.63) is 41.5 Å². The topological polar surface area (TPSA) is 119 Å². The summed E-state index contributed by atoms with van der Waals surface area (Å²) in [6.07, 6.45) is 2.35. The first-order chi connectivity index (χ1) is 12.8. The number of nitrogens with one attached hydrogen (secondary N) is 1. The molecule has 8 heteroatoms. The molecular weight excluding hydrogens is 350 g/mol. The Morgan fingerprint density at radius 1 is 1.15 bits per heavy atom. The highest BCUT2D eigenvalue weighted by molar-refractivity contribution is 6.07. The molecule has 3 amide bonds. The van der Waals surface area contributed by atoms with Crippen LogP contribution in [0.15, 0.2) is 35.9 Å². The fraction of sp³-hybridized carbons (Fsp3) is 0.368. The number of amides is 3. The second-order valence-electron chi connectivity index (χ2n) is 6.35. The van der Waals surface area contributed by atoms with Gasteiger partial charge < -0.3 is 20.7 Å². The summed E-state index contributed by atoms with van der Waals surface area (Å²) in [6, 6.07) is 6.23. The predicted octanol–water partition coefficient (Wildman–Crippen LogP) is 1.08. The van der Waals surface area contributed by atoms with Crippen LogP contribution in [-0.2, 0) is 19.1 Å². The van der Waals surface area contributed by atoms with Crippen LogP contribution in [0.5, 0.6) is 0 Å². The molecule has 0 spiro atoms. The van der Waals surface area contributed by atoms with Gasteiger partial charge in [0.1, 0.15) is 0 Å². The number of piperidine rings is 1. The highest BCUT2D eigenvalue weighted by Gasteiger charge is 2.25. The van der Waals surface area contributed by atoms with Gasteiger partial charge in [-0.15, -0.1) is 0 Å². The second-order valence-corrected chi connectivity index (χ2v) is 6.35. The minimum atomic E-state index is -0.463. The van der Waals surface area contributed by atoms with Gasteiger partial charge in [-0.3, -0.25) is 14.4 Å². The Morgan fingerprint density at radius 2 is 1.74 bits per heavy atom. The number of esters is 1. The van der Waals surface area contributed by atoms with Crippen molar-refractivity contribution in [2.24, 2.45) is 11.7 Å². The fourth-order valence-corrected chi connectivity index (χ4v) is 2.76. The normalized spacial score (nSPS) is 15.2. The molecule has 8 nitrogen and oxygen atoms in total. The van der Waals surface area contributed by atoms with Crippen molar-refractivity contribution in [3.8, 4) is 0 Å². The average molecular weight is 373 g/mol. The smallest absolute Gasteiger partial charge is 0.337 e. The summed E-state index contributed by atoms with van der Waals surface area (Å²) in [7, 11) is 1.29. The number of primary amides is 1. The molecule has 0 atom stereocenters. The molecule has 1 aliphatic rings. The van der Waals surface area contributed by atoms with E-state index in [-0.39, 0.29) is 23.3 Å². The van der Waals surface area contributed by atoms with Crippen LogP contribution in [0.1, 0.15) is 30.1 Å². The van der Waals surface area contributed by atoms with E-state index in [1.807, 2.05) is 0 Å².